The summed E-state index contributed by atoms with van der Waals surface area (Å²) in [5, 5.41) is 22.3. The second kappa shape index (κ2) is 11.2. The van der Waals surface area contributed by atoms with Crippen LogP contribution in [0, 0.1) is 9.54 Å². The van der Waals surface area contributed by atoms with Gasteiger partial charge in [0.25, 0.3) is 11.1 Å². The van der Waals surface area contributed by atoms with Crippen LogP contribution in [0.1, 0.15) is 28.2 Å². The Kier molecular flexibility index (Phi) is 8.36. The first-order valence-corrected chi connectivity index (χ1v) is 13.9. The summed E-state index contributed by atoms with van der Waals surface area (Å²) in [5.41, 5.74) is -0.152. The molecule has 2 aromatic heterocycles. The summed E-state index contributed by atoms with van der Waals surface area (Å²) in [4.78, 5) is 27.1. The number of ether oxygens (including phenoxy) is 1. The molecule has 0 saturated heterocycles. The molecule has 2 aromatic carbocycles. The van der Waals surface area contributed by atoms with E-state index in [9.17, 15) is 19.8 Å². The summed E-state index contributed by atoms with van der Waals surface area (Å²) in [5.74, 6) is -1.58. The fraction of sp³-hybridized carbons (Fsp3) is 0.231. The van der Waals surface area contributed by atoms with Crippen molar-refractivity contribution in [2.75, 3.05) is 0 Å². The Labute approximate surface area is 250 Å². The second-order valence-corrected chi connectivity index (χ2v) is 11.3. The molecule has 0 spiro atoms. The molecule has 0 bridgehead atoms. The second-order valence-electron chi connectivity index (χ2n) is 8.91. The highest BCUT2D eigenvalue weighted by atomic mass is 79.9. The first-order chi connectivity index (χ1) is 18.4. The predicted molar refractivity (Wildman–Crippen MR) is 160 cm³/mol. The average molecular weight is 696 g/mol. The molecule has 204 valence electrons. The van der Waals surface area contributed by atoms with Crippen LogP contribution in [-0.2, 0) is 34.8 Å². The third kappa shape index (κ3) is 5.15. The number of aromatic hydroxyl groups is 2. The zero-order chi connectivity index (χ0) is 28.8. The summed E-state index contributed by atoms with van der Waals surface area (Å²) < 4.78 is 12.2. The van der Waals surface area contributed by atoms with Crippen molar-refractivity contribution >= 4 is 56.3 Å². The van der Waals surface area contributed by atoms with E-state index in [1.807, 2.05) is 30.3 Å². The van der Waals surface area contributed by atoms with E-state index in [4.69, 9.17) is 29.2 Å². The van der Waals surface area contributed by atoms with Crippen LogP contribution in [0.15, 0.2) is 61.0 Å². The lowest BCUT2D eigenvalue weighted by atomic mass is 9.86. The lowest BCUT2D eigenvalue weighted by Crippen LogP contribution is -2.33. The first kappa shape index (κ1) is 29.0. The van der Waals surface area contributed by atoms with Gasteiger partial charge in [-0.1, -0.05) is 30.3 Å². The number of aromatic nitrogens is 4. The highest BCUT2D eigenvalue weighted by molar-refractivity contribution is 9.11. The van der Waals surface area contributed by atoms with Crippen molar-refractivity contribution in [1.82, 2.24) is 18.3 Å². The van der Waals surface area contributed by atoms with Crippen LogP contribution in [0.25, 0.3) is 0 Å². The minimum Gasteiger partial charge on any atom is -0.494 e. The lowest BCUT2D eigenvalue weighted by Gasteiger charge is -2.24. The van der Waals surface area contributed by atoms with Gasteiger partial charge in [-0.3, -0.25) is 27.9 Å². The number of rotatable bonds is 6. The van der Waals surface area contributed by atoms with Crippen LogP contribution >= 0.6 is 56.3 Å². The smallest absolute Gasteiger partial charge is 0.262 e. The molecule has 0 atom stereocenters. The van der Waals surface area contributed by atoms with E-state index in [-0.39, 0.29) is 20.7 Å². The Morgan fingerprint density at radius 3 is 1.67 bits per heavy atom. The minimum absolute atomic E-state index is 0.0793. The zero-order valence-electron chi connectivity index (χ0n) is 21.3. The fourth-order valence-electron chi connectivity index (χ4n) is 4.32. The minimum atomic E-state index is -1.21. The Balaban J connectivity index is 2.02. The van der Waals surface area contributed by atoms with Gasteiger partial charge >= 0.3 is 0 Å². The van der Waals surface area contributed by atoms with Crippen LogP contribution in [0.4, 0.5) is 0 Å². The summed E-state index contributed by atoms with van der Waals surface area (Å²) in [7, 11) is 5.96. The maximum Gasteiger partial charge on any atom is 0.262 e. The largest absolute Gasteiger partial charge is 0.494 e. The van der Waals surface area contributed by atoms with Crippen LogP contribution < -0.4 is 15.9 Å². The topological polar surface area (TPSA) is 104 Å². The Hall–Kier alpha value is -3.00. The van der Waals surface area contributed by atoms with E-state index in [0.717, 1.165) is 5.56 Å². The van der Waals surface area contributed by atoms with Gasteiger partial charge in [0.2, 0.25) is 11.8 Å². The van der Waals surface area contributed by atoms with E-state index in [2.05, 4.69) is 31.9 Å². The molecule has 2 N–H and O–H groups in total. The molecular formula is C26H24Br2N4O5S2. The van der Waals surface area contributed by atoms with Gasteiger partial charge in [0, 0.05) is 28.2 Å². The SMILES string of the molecule is Cn1c(O)c(C(c2cc(Br)c(OCc3ccccc3)c(Br)c2)c2c(O)n(C)c(=S)n(C)c2=O)c(=O)n(C)c1=S. The van der Waals surface area contributed by atoms with Gasteiger partial charge in [0.1, 0.15) is 12.4 Å². The number of halogens is 2. The van der Waals surface area contributed by atoms with Crippen molar-refractivity contribution in [3.05, 3.63) is 104 Å². The van der Waals surface area contributed by atoms with Gasteiger partial charge in [-0.05, 0) is 79.6 Å². The van der Waals surface area contributed by atoms with E-state index in [1.165, 1.54) is 46.5 Å². The predicted octanol–water partition coefficient (Wildman–Crippen LogP) is 4.92. The molecule has 0 radical (unpaired) electrons. The van der Waals surface area contributed by atoms with Gasteiger partial charge in [0.05, 0.1) is 26.0 Å². The standard InChI is InChI=1S/C26H24Br2N4O5S2/c1-29-21(33)18(22(34)30(2)25(29)38)17(19-23(35)31(3)26(39)32(4)24(19)36)14-10-15(27)20(16(28)11-14)37-12-13-8-6-5-7-9-13/h5-11,17,33,35H,12H2,1-4H3. The van der Waals surface area contributed by atoms with Crippen molar-refractivity contribution in [3.63, 3.8) is 0 Å². The maximum atomic E-state index is 13.6. The highest BCUT2D eigenvalue weighted by Crippen LogP contribution is 2.42. The number of hydrogen-bond donors (Lipinski definition) is 2. The molecule has 13 heteroatoms. The monoisotopic (exact) mass is 694 g/mol. The average Bonchev–Trinajstić information content (AvgIpc) is 2.92. The molecule has 0 unspecified atom stereocenters. The molecule has 0 saturated carbocycles. The quantitative estimate of drug-likeness (QED) is 0.276. The summed E-state index contributed by atoms with van der Waals surface area (Å²) in [6, 6.07) is 13.0. The normalized spacial score (nSPS) is 11.3. The Morgan fingerprint density at radius 1 is 0.795 bits per heavy atom. The molecule has 4 rings (SSSR count). The van der Waals surface area contributed by atoms with Gasteiger partial charge in [-0.15, -0.1) is 0 Å². The molecule has 4 aromatic rings. The summed E-state index contributed by atoms with van der Waals surface area (Å²) >= 11 is 17.7. The summed E-state index contributed by atoms with van der Waals surface area (Å²) in [6.45, 7) is 0.301. The lowest BCUT2D eigenvalue weighted by molar-refractivity contribution is 0.302. The highest BCUT2D eigenvalue weighted by Gasteiger charge is 2.33. The van der Waals surface area contributed by atoms with Gasteiger partial charge in [-0.2, -0.15) is 0 Å². The zero-order valence-corrected chi connectivity index (χ0v) is 26.1. The van der Waals surface area contributed by atoms with E-state index >= 15 is 0 Å². The fourth-order valence-corrected chi connectivity index (χ4v) is 6.11. The number of hydrogen-bond acceptors (Lipinski definition) is 7. The molecule has 2 heterocycles. The van der Waals surface area contributed by atoms with Crippen molar-refractivity contribution < 1.29 is 14.9 Å². The number of nitrogens with zero attached hydrogens (tertiary/aromatic N) is 4. The van der Waals surface area contributed by atoms with E-state index in [1.54, 1.807) is 12.1 Å². The third-order valence-electron chi connectivity index (χ3n) is 6.49. The maximum absolute atomic E-state index is 13.6. The molecule has 0 aliphatic carbocycles. The van der Waals surface area contributed by atoms with Gasteiger partial charge < -0.3 is 14.9 Å². The van der Waals surface area contributed by atoms with Crippen molar-refractivity contribution in [1.29, 1.82) is 0 Å². The molecule has 9 nitrogen and oxygen atoms in total. The molecule has 0 fully saturated rings. The van der Waals surface area contributed by atoms with Crippen LogP contribution in [0.3, 0.4) is 0 Å². The van der Waals surface area contributed by atoms with Crippen molar-refractivity contribution in [2.45, 2.75) is 12.5 Å². The Bertz CT molecular complexity index is 1740. The van der Waals surface area contributed by atoms with E-state index < -0.39 is 28.8 Å². The molecule has 0 aliphatic heterocycles. The third-order valence-corrected chi connectivity index (χ3v) is 8.77. The van der Waals surface area contributed by atoms with Crippen LogP contribution in [0.5, 0.6) is 17.5 Å². The number of benzene rings is 2. The van der Waals surface area contributed by atoms with Gasteiger partial charge in [-0.25, -0.2) is 0 Å². The van der Waals surface area contributed by atoms with Crippen molar-refractivity contribution in [3.8, 4) is 17.5 Å². The van der Waals surface area contributed by atoms with Crippen molar-refractivity contribution in [2.24, 2.45) is 28.2 Å². The van der Waals surface area contributed by atoms with Crippen LogP contribution in [0.2, 0.25) is 0 Å². The molecule has 0 amide bonds. The van der Waals surface area contributed by atoms with Crippen LogP contribution in [-0.4, -0.2) is 28.5 Å². The molecule has 0 aliphatic rings. The Morgan fingerprint density at radius 2 is 1.23 bits per heavy atom. The summed E-state index contributed by atoms with van der Waals surface area (Å²) in [6.07, 6.45) is 0. The van der Waals surface area contributed by atoms with Gasteiger partial charge in [0.15, 0.2) is 9.54 Å². The molecule has 39 heavy (non-hydrogen) atoms. The van der Waals surface area contributed by atoms with E-state index in [0.29, 0.717) is 26.9 Å². The molecular weight excluding hydrogens is 672 g/mol. The first-order valence-electron chi connectivity index (χ1n) is 11.5.